The molecule has 2 aliphatic rings. The molecule has 2 fully saturated rings. The molecule has 1 amide bonds. The number of hydrogen-bond acceptors (Lipinski definition) is 2. The summed E-state index contributed by atoms with van der Waals surface area (Å²) in [6, 6.07) is 0.390. The summed E-state index contributed by atoms with van der Waals surface area (Å²) in [5.41, 5.74) is -0.314. The van der Waals surface area contributed by atoms with Crippen LogP contribution in [0.25, 0.3) is 0 Å². The fourth-order valence-corrected chi connectivity index (χ4v) is 2.98. The van der Waals surface area contributed by atoms with Gasteiger partial charge in [-0.15, -0.1) is 0 Å². The van der Waals surface area contributed by atoms with Gasteiger partial charge in [-0.25, -0.2) is 0 Å². The van der Waals surface area contributed by atoms with Crippen LogP contribution in [0.15, 0.2) is 0 Å². The van der Waals surface area contributed by atoms with Crippen LogP contribution in [-0.4, -0.2) is 24.0 Å². The van der Waals surface area contributed by atoms with E-state index in [0.717, 1.165) is 31.7 Å². The maximum absolute atomic E-state index is 12.2. The number of rotatable bonds is 2. The molecule has 92 valence electrons. The van der Waals surface area contributed by atoms with Gasteiger partial charge in [0.15, 0.2) is 0 Å². The maximum atomic E-state index is 12.2. The van der Waals surface area contributed by atoms with Crippen LogP contribution in [0.2, 0.25) is 0 Å². The first kappa shape index (κ1) is 11.9. The molecule has 3 heteroatoms. The summed E-state index contributed by atoms with van der Waals surface area (Å²) in [6.45, 7) is 7.54. The van der Waals surface area contributed by atoms with Gasteiger partial charge in [0, 0.05) is 6.04 Å². The molecular formula is C13H24N2O. The minimum Gasteiger partial charge on any atom is -0.351 e. The first-order valence-corrected chi connectivity index (χ1v) is 6.59. The first-order chi connectivity index (χ1) is 7.53. The highest BCUT2D eigenvalue weighted by molar-refractivity contribution is 5.86. The third kappa shape index (κ3) is 2.10. The molecule has 3 nitrogen and oxygen atoms in total. The standard InChI is InChI=1S/C13H24N2O/c1-9-5-6-11(10(9)2)15-12(16)13(3)7-4-8-14-13/h9-11,14H,4-8H2,1-3H3,(H,15,16). The van der Waals surface area contributed by atoms with Crippen molar-refractivity contribution in [2.45, 2.75) is 58.0 Å². The molecule has 2 rings (SSSR count). The predicted molar refractivity (Wildman–Crippen MR) is 65.1 cm³/mol. The van der Waals surface area contributed by atoms with Gasteiger partial charge in [0.05, 0.1) is 5.54 Å². The van der Waals surface area contributed by atoms with Crippen molar-refractivity contribution >= 4 is 5.91 Å². The number of hydrogen-bond donors (Lipinski definition) is 2. The Morgan fingerprint density at radius 2 is 2.12 bits per heavy atom. The number of nitrogens with one attached hydrogen (secondary N) is 2. The predicted octanol–water partition coefficient (Wildman–Crippen LogP) is 1.68. The second-order valence-electron chi connectivity index (χ2n) is 5.86. The Hall–Kier alpha value is -0.570. The molecule has 0 radical (unpaired) electrons. The molecular weight excluding hydrogens is 200 g/mol. The molecule has 16 heavy (non-hydrogen) atoms. The molecule has 1 saturated carbocycles. The summed E-state index contributed by atoms with van der Waals surface area (Å²) in [4.78, 5) is 12.2. The van der Waals surface area contributed by atoms with Crippen LogP contribution in [-0.2, 0) is 4.79 Å². The van der Waals surface area contributed by atoms with E-state index in [1.54, 1.807) is 0 Å². The van der Waals surface area contributed by atoms with E-state index < -0.39 is 0 Å². The second-order valence-corrected chi connectivity index (χ2v) is 5.86. The van der Waals surface area contributed by atoms with Crippen molar-refractivity contribution < 1.29 is 4.79 Å². The third-order valence-corrected chi connectivity index (χ3v) is 4.65. The lowest BCUT2D eigenvalue weighted by molar-refractivity contribution is -0.127. The average Bonchev–Trinajstić information content (AvgIpc) is 2.81. The molecule has 1 aliphatic heterocycles. The quantitative estimate of drug-likeness (QED) is 0.749. The highest BCUT2D eigenvalue weighted by Crippen LogP contribution is 2.31. The van der Waals surface area contributed by atoms with E-state index in [-0.39, 0.29) is 11.4 Å². The Kier molecular flexibility index (Phi) is 3.24. The molecule has 0 aromatic carbocycles. The summed E-state index contributed by atoms with van der Waals surface area (Å²) in [5, 5.41) is 6.56. The zero-order chi connectivity index (χ0) is 11.8. The second kappa shape index (κ2) is 4.36. The summed E-state index contributed by atoms with van der Waals surface area (Å²) < 4.78 is 0. The molecule has 4 atom stereocenters. The minimum atomic E-state index is -0.314. The molecule has 0 bridgehead atoms. The highest BCUT2D eigenvalue weighted by atomic mass is 16.2. The summed E-state index contributed by atoms with van der Waals surface area (Å²) in [7, 11) is 0. The molecule has 1 aliphatic carbocycles. The SMILES string of the molecule is CC1CCC(NC(=O)C2(C)CCCN2)C1C. The Balaban J connectivity index is 1.92. The van der Waals surface area contributed by atoms with Gasteiger partial charge in [0.2, 0.25) is 5.91 Å². The van der Waals surface area contributed by atoms with Crippen molar-refractivity contribution in [2.24, 2.45) is 11.8 Å². The monoisotopic (exact) mass is 224 g/mol. The molecule has 1 saturated heterocycles. The third-order valence-electron chi connectivity index (χ3n) is 4.65. The zero-order valence-electron chi connectivity index (χ0n) is 10.7. The lowest BCUT2D eigenvalue weighted by Gasteiger charge is -2.27. The van der Waals surface area contributed by atoms with Crippen molar-refractivity contribution in [1.29, 1.82) is 0 Å². The number of carbonyl (C=O) groups is 1. The van der Waals surface area contributed by atoms with Gasteiger partial charge in [0.1, 0.15) is 0 Å². The molecule has 0 aromatic rings. The van der Waals surface area contributed by atoms with E-state index in [2.05, 4.69) is 24.5 Å². The van der Waals surface area contributed by atoms with Gasteiger partial charge in [-0.3, -0.25) is 4.79 Å². The molecule has 2 N–H and O–H groups in total. The van der Waals surface area contributed by atoms with Crippen LogP contribution in [0.4, 0.5) is 0 Å². The highest BCUT2D eigenvalue weighted by Gasteiger charge is 2.39. The van der Waals surface area contributed by atoms with Gasteiger partial charge in [-0.2, -0.15) is 0 Å². The first-order valence-electron chi connectivity index (χ1n) is 6.59. The fraction of sp³-hybridized carbons (Fsp3) is 0.923. The Labute approximate surface area is 98.4 Å². The summed E-state index contributed by atoms with van der Waals surface area (Å²) in [6.07, 6.45) is 4.47. The van der Waals surface area contributed by atoms with Crippen LogP contribution >= 0.6 is 0 Å². The minimum absolute atomic E-state index is 0.205. The van der Waals surface area contributed by atoms with E-state index >= 15 is 0 Å². The normalized spacial score (nSPS) is 43.6. The van der Waals surface area contributed by atoms with Gasteiger partial charge in [0.25, 0.3) is 0 Å². The topological polar surface area (TPSA) is 41.1 Å². The van der Waals surface area contributed by atoms with Crippen molar-refractivity contribution in [3.05, 3.63) is 0 Å². The molecule has 4 unspecified atom stereocenters. The fourth-order valence-electron chi connectivity index (χ4n) is 2.98. The Bertz CT molecular complexity index is 271. The largest absolute Gasteiger partial charge is 0.351 e. The van der Waals surface area contributed by atoms with Crippen LogP contribution in [0.1, 0.15) is 46.5 Å². The smallest absolute Gasteiger partial charge is 0.240 e. The Morgan fingerprint density at radius 3 is 2.62 bits per heavy atom. The van der Waals surface area contributed by atoms with Crippen molar-refractivity contribution in [2.75, 3.05) is 6.54 Å². The van der Waals surface area contributed by atoms with E-state index in [1.165, 1.54) is 6.42 Å². The Morgan fingerprint density at radius 1 is 1.38 bits per heavy atom. The van der Waals surface area contributed by atoms with Crippen LogP contribution < -0.4 is 10.6 Å². The van der Waals surface area contributed by atoms with Gasteiger partial charge in [-0.1, -0.05) is 13.8 Å². The maximum Gasteiger partial charge on any atom is 0.240 e. The molecule has 0 spiro atoms. The van der Waals surface area contributed by atoms with Gasteiger partial charge in [-0.05, 0) is 51.0 Å². The van der Waals surface area contributed by atoms with Gasteiger partial charge >= 0.3 is 0 Å². The van der Waals surface area contributed by atoms with Crippen LogP contribution in [0.3, 0.4) is 0 Å². The van der Waals surface area contributed by atoms with Gasteiger partial charge < -0.3 is 10.6 Å². The molecule has 0 aromatic heterocycles. The van der Waals surface area contributed by atoms with Crippen molar-refractivity contribution in [3.63, 3.8) is 0 Å². The van der Waals surface area contributed by atoms with E-state index in [9.17, 15) is 4.79 Å². The van der Waals surface area contributed by atoms with E-state index in [1.807, 2.05) is 6.92 Å². The zero-order valence-corrected chi connectivity index (χ0v) is 10.7. The van der Waals surface area contributed by atoms with E-state index in [0.29, 0.717) is 12.0 Å². The summed E-state index contributed by atoms with van der Waals surface area (Å²) >= 11 is 0. The lowest BCUT2D eigenvalue weighted by atomic mass is 9.95. The number of carbonyl (C=O) groups excluding carboxylic acids is 1. The summed E-state index contributed by atoms with van der Waals surface area (Å²) in [5.74, 6) is 1.57. The number of amides is 1. The van der Waals surface area contributed by atoms with E-state index in [4.69, 9.17) is 0 Å². The van der Waals surface area contributed by atoms with Crippen LogP contribution in [0, 0.1) is 11.8 Å². The van der Waals surface area contributed by atoms with Crippen LogP contribution in [0.5, 0.6) is 0 Å². The van der Waals surface area contributed by atoms with Crippen molar-refractivity contribution in [3.8, 4) is 0 Å². The average molecular weight is 224 g/mol. The molecule has 1 heterocycles. The lowest BCUT2D eigenvalue weighted by Crippen LogP contribution is -2.54. The van der Waals surface area contributed by atoms with Crippen molar-refractivity contribution in [1.82, 2.24) is 10.6 Å².